The first-order chi connectivity index (χ1) is 12.3. The van der Waals surface area contributed by atoms with Crippen LogP contribution in [0, 0.1) is 26.2 Å². The first kappa shape index (κ1) is 23.9. The Morgan fingerprint density at radius 3 is 1.73 bits per heavy atom. The Morgan fingerprint density at radius 2 is 1.35 bits per heavy atom. The predicted octanol–water partition coefficient (Wildman–Crippen LogP) is 8.06. The van der Waals surface area contributed by atoms with Crippen molar-refractivity contribution in [2.24, 2.45) is 0 Å². The Morgan fingerprint density at radius 1 is 0.885 bits per heavy atom. The summed E-state index contributed by atoms with van der Waals surface area (Å²) >= 11 is 0. The van der Waals surface area contributed by atoms with Crippen LogP contribution in [-0.2, 0) is 0 Å². The maximum atomic E-state index is 7.21. The zero-order valence-corrected chi connectivity index (χ0v) is 17.9. The molecule has 2 aromatic carbocycles. The van der Waals surface area contributed by atoms with Crippen molar-refractivity contribution < 1.29 is 0 Å². The fourth-order valence-corrected chi connectivity index (χ4v) is 2.49. The highest BCUT2D eigenvalue weighted by Crippen LogP contribution is 2.29. The first-order valence-electron chi connectivity index (χ1n) is 9.58. The number of unbranched alkanes of at least 4 members (excludes halogenated alkanes) is 2. The highest BCUT2D eigenvalue weighted by molar-refractivity contribution is 5.80. The van der Waals surface area contributed by atoms with E-state index in [1.807, 2.05) is 26.0 Å². The number of allylic oxidation sites excluding steroid dienone is 1. The van der Waals surface area contributed by atoms with Crippen LogP contribution < -0.4 is 0 Å². The van der Waals surface area contributed by atoms with Crippen molar-refractivity contribution in [3.63, 3.8) is 0 Å². The van der Waals surface area contributed by atoms with Gasteiger partial charge in [0.1, 0.15) is 0 Å². The van der Waals surface area contributed by atoms with Crippen LogP contribution >= 0.6 is 0 Å². The van der Waals surface area contributed by atoms with Gasteiger partial charge in [0, 0.05) is 6.21 Å². The standard InChI is InChI=1S/C16H17N.C5H12.C4H8/c1-11-4-5-12(2)16(13(11)3)15-8-6-14(10-17)7-9-15;1-3-5-4-2;1-4(2)3/h4-10,17H,1-3H3;3-5H2,1-2H3;1H2,2-3H3. The molecule has 1 nitrogen and oxygen atoms in total. The molecule has 1 heteroatoms. The topological polar surface area (TPSA) is 23.9 Å². The third kappa shape index (κ3) is 8.80. The largest absolute Gasteiger partial charge is 0.308 e. The quantitative estimate of drug-likeness (QED) is 0.425. The van der Waals surface area contributed by atoms with Crippen molar-refractivity contribution in [1.82, 2.24) is 0 Å². The molecule has 0 aromatic heterocycles. The van der Waals surface area contributed by atoms with Crippen molar-refractivity contribution in [1.29, 1.82) is 5.41 Å². The molecule has 0 spiro atoms. The molecule has 26 heavy (non-hydrogen) atoms. The smallest absolute Gasteiger partial charge is 0.0250 e. The highest BCUT2D eigenvalue weighted by atomic mass is 14.3. The second kappa shape index (κ2) is 13.1. The van der Waals surface area contributed by atoms with Gasteiger partial charge in [-0.1, -0.05) is 75.1 Å². The second-order valence-corrected chi connectivity index (χ2v) is 7.03. The minimum atomic E-state index is 0.941. The van der Waals surface area contributed by atoms with Gasteiger partial charge in [-0.15, -0.1) is 6.58 Å². The molecule has 0 aliphatic heterocycles. The van der Waals surface area contributed by atoms with E-state index in [1.165, 1.54) is 58.9 Å². The minimum Gasteiger partial charge on any atom is -0.308 e. The van der Waals surface area contributed by atoms with E-state index in [0.29, 0.717) is 0 Å². The SMILES string of the molecule is C=C(C)C.CCCCC.Cc1ccc(C)c(-c2ccc(C=N)cc2)c1C. The molecule has 0 saturated carbocycles. The molecule has 0 amide bonds. The van der Waals surface area contributed by atoms with Gasteiger partial charge in [-0.2, -0.15) is 0 Å². The van der Waals surface area contributed by atoms with Crippen molar-refractivity contribution in [2.45, 2.75) is 67.7 Å². The zero-order valence-electron chi connectivity index (χ0n) is 17.9. The van der Waals surface area contributed by atoms with Gasteiger partial charge in [0.15, 0.2) is 0 Å². The Kier molecular flexibility index (Phi) is 12.0. The molecule has 0 atom stereocenters. The number of hydrogen-bond acceptors (Lipinski definition) is 1. The molecular weight excluding hydrogens is 314 g/mol. The number of hydrogen-bond donors (Lipinski definition) is 1. The summed E-state index contributed by atoms with van der Waals surface area (Å²) in [7, 11) is 0. The fourth-order valence-electron chi connectivity index (χ4n) is 2.49. The molecule has 0 bridgehead atoms. The van der Waals surface area contributed by atoms with Crippen LogP contribution in [0.4, 0.5) is 0 Å². The maximum Gasteiger partial charge on any atom is 0.0250 e. The van der Waals surface area contributed by atoms with Gasteiger partial charge >= 0.3 is 0 Å². The lowest BCUT2D eigenvalue weighted by Gasteiger charge is -2.12. The lowest BCUT2D eigenvalue weighted by Crippen LogP contribution is -1.91. The Hall–Kier alpha value is -2.15. The number of aryl methyl sites for hydroxylation is 2. The highest BCUT2D eigenvalue weighted by Gasteiger charge is 2.07. The van der Waals surface area contributed by atoms with Gasteiger partial charge in [0.05, 0.1) is 0 Å². The monoisotopic (exact) mass is 351 g/mol. The van der Waals surface area contributed by atoms with Gasteiger partial charge in [-0.05, 0) is 68.0 Å². The zero-order chi connectivity index (χ0) is 20.1. The molecule has 2 aromatic rings. The molecule has 0 unspecified atom stereocenters. The van der Waals surface area contributed by atoms with E-state index in [9.17, 15) is 0 Å². The average molecular weight is 352 g/mol. The molecular formula is C25H37N. The van der Waals surface area contributed by atoms with Crippen molar-refractivity contribution in [3.8, 4) is 11.1 Å². The Bertz CT molecular complexity index is 672. The number of benzene rings is 2. The van der Waals surface area contributed by atoms with Gasteiger partial charge in [-0.25, -0.2) is 0 Å². The van der Waals surface area contributed by atoms with Gasteiger partial charge < -0.3 is 5.41 Å². The number of nitrogens with one attached hydrogen (secondary N) is 1. The summed E-state index contributed by atoms with van der Waals surface area (Å²) in [5.74, 6) is 0. The van der Waals surface area contributed by atoms with E-state index in [2.05, 4.69) is 65.5 Å². The van der Waals surface area contributed by atoms with Gasteiger partial charge in [-0.3, -0.25) is 0 Å². The summed E-state index contributed by atoms with van der Waals surface area (Å²) in [5.41, 5.74) is 8.62. The van der Waals surface area contributed by atoms with Crippen LogP contribution in [0.15, 0.2) is 48.6 Å². The maximum absolute atomic E-state index is 7.21. The molecule has 0 heterocycles. The van der Waals surface area contributed by atoms with Crippen LogP contribution in [0.5, 0.6) is 0 Å². The molecule has 0 aliphatic carbocycles. The summed E-state index contributed by atoms with van der Waals surface area (Å²) in [6.45, 7) is 18.4. The Balaban J connectivity index is 0.000000582. The molecule has 2 rings (SSSR count). The van der Waals surface area contributed by atoms with E-state index in [-0.39, 0.29) is 0 Å². The van der Waals surface area contributed by atoms with E-state index in [0.717, 1.165) is 5.56 Å². The van der Waals surface area contributed by atoms with Crippen LogP contribution in [0.3, 0.4) is 0 Å². The van der Waals surface area contributed by atoms with E-state index in [1.54, 1.807) is 0 Å². The molecule has 0 radical (unpaired) electrons. The van der Waals surface area contributed by atoms with Crippen LogP contribution in [0.2, 0.25) is 0 Å². The van der Waals surface area contributed by atoms with Crippen LogP contribution in [0.25, 0.3) is 11.1 Å². The molecule has 1 N–H and O–H groups in total. The van der Waals surface area contributed by atoms with Gasteiger partial charge in [0.25, 0.3) is 0 Å². The van der Waals surface area contributed by atoms with Crippen LogP contribution in [0.1, 0.15) is 69.2 Å². The van der Waals surface area contributed by atoms with Crippen LogP contribution in [-0.4, -0.2) is 6.21 Å². The summed E-state index contributed by atoms with van der Waals surface area (Å²) in [5, 5.41) is 7.21. The van der Waals surface area contributed by atoms with Crippen molar-refractivity contribution in [3.05, 3.63) is 70.8 Å². The Labute approximate surface area is 161 Å². The van der Waals surface area contributed by atoms with Crippen molar-refractivity contribution >= 4 is 6.21 Å². The lowest BCUT2D eigenvalue weighted by atomic mass is 9.92. The molecule has 0 aliphatic rings. The van der Waals surface area contributed by atoms with Crippen molar-refractivity contribution in [2.75, 3.05) is 0 Å². The van der Waals surface area contributed by atoms with E-state index in [4.69, 9.17) is 5.41 Å². The third-order valence-corrected chi connectivity index (χ3v) is 4.02. The van der Waals surface area contributed by atoms with E-state index >= 15 is 0 Å². The van der Waals surface area contributed by atoms with E-state index < -0.39 is 0 Å². The summed E-state index contributed by atoms with van der Waals surface area (Å²) in [6, 6.07) is 12.5. The third-order valence-electron chi connectivity index (χ3n) is 4.02. The summed E-state index contributed by atoms with van der Waals surface area (Å²) in [4.78, 5) is 0. The molecule has 0 saturated heterocycles. The predicted molar refractivity (Wildman–Crippen MR) is 120 cm³/mol. The average Bonchev–Trinajstić information content (AvgIpc) is 2.60. The summed E-state index contributed by atoms with van der Waals surface area (Å²) < 4.78 is 0. The lowest BCUT2D eigenvalue weighted by molar-refractivity contribution is 0.772. The second-order valence-electron chi connectivity index (χ2n) is 7.03. The molecule has 0 fully saturated rings. The summed E-state index contributed by atoms with van der Waals surface area (Å²) in [6.07, 6.45) is 5.45. The number of rotatable bonds is 4. The first-order valence-corrected chi connectivity index (χ1v) is 9.58. The minimum absolute atomic E-state index is 0.941. The van der Waals surface area contributed by atoms with Gasteiger partial charge in [0.2, 0.25) is 0 Å². The fraction of sp³-hybridized carbons (Fsp3) is 0.400. The molecule has 142 valence electrons. The normalized spacial score (nSPS) is 9.35.